The Bertz CT molecular complexity index is 469. The summed E-state index contributed by atoms with van der Waals surface area (Å²) < 4.78 is 0. The van der Waals surface area contributed by atoms with Gasteiger partial charge in [0.2, 0.25) is 5.91 Å². The number of carbonyl (C=O) groups is 2. The van der Waals surface area contributed by atoms with Crippen molar-refractivity contribution in [3.8, 4) is 0 Å². The predicted molar refractivity (Wildman–Crippen MR) is 71.4 cm³/mol. The van der Waals surface area contributed by atoms with E-state index >= 15 is 0 Å². The Morgan fingerprint density at radius 1 is 1.11 bits per heavy atom. The minimum absolute atomic E-state index is 0.145. The molecule has 1 aromatic rings. The lowest BCUT2D eigenvalue weighted by Crippen LogP contribution is -2.24. The molecule has 0 aliphatic carbocycles. The fraction of sp³-hybridized carbons (Fsp3) is 0.385. The van der Waals surface area contributed by atoms with Crippen molar-refractivity contribution in [1.82, 2.24) is 0 Å². The number of nitrogens with two attached hydrogens (primary N) is 2. The van der Waals surface area contributed by atoms with Crippen LogP contribution in [-0.2, 0) is 0 Å². The molecule has 2 amide bonds. The van der Waals surface area contributed by atoms with E-state index in [2.05, 4.69) is 19.2 Å². The van der Waals surface area contributed by atoms with Crippen molar-refractivity contribution < 1.29 is 9.59 Å². The fourth-order valence-electron chi connectivity index (χ4n) is 1.44. The highest BCUT2D eigenvalue weighted by atomic mass is 16.1. The summed E-state index contributed by atoms with van der Waals surface area (Å²) >= 11 is 0. The Balaban J connectivity index is 3.15. The van der Waals surface area contributed by atoms with Crippen LogP contribution in [0.2, 0.25) is 0 Å². The first-order valence-electron chi connectivity index (χ1n) is 5.83. The highest BCUT2D eigenvalue weighted by Crippen LogP contribution is 2.20. The highest BCUT2D eigenvalue weighted by Gasteiger charge is 2.14. The molecule has 1 atom stereocenters. The molecule has 0 saturated heterocycles. The van der Waals surface area contributed by atoms with Crippen molar-refractivity contribution in [3.63, 3.8) is 0 Å². The van der Waals surface area contributed by atoms with Gasteiger partial charge >= 0.3 is 0 Å². The van der Waals surface area contributed by atoms with Crippen LogP contribution in [0.4, 0.5) is 5.69 Å². The van der Waals surface area contributed by atoms with Gasteiger partial charge < -0.3 is 16.8 Å². The average Bonchev–Trinajstić information content (AvgIpc) is 2.28. The number of rotatable bonds is 5. The summed E-state index contributed by atoms with van der Waals surface area (Å²) in [6.45, 7) is 6.10. The van der Waals surface area contributed by atoms with E-state index in [0.29, 0.717) is 22.7 Å². The van der Waals surface area contributed by atoms with E-state index in [1.54, 1.807) is 6.07 Å². The van der Waals surface area contributed by atoms with Crippen LogP contribution in [0.1, 0.15) is 41.5 Å². The Morgan fingerprint density at radius 2 is 1.72 bits per heavy atom. The third-order valence-electron chi connectivity index (χ3n) is 2.95. The molecule has 5 heteroatoms. The quantitative estimate of drug-likeness (QED) is 0.734. The first-order valence-corrected chi connectivity index (χ1v) is 5.83. The van der Waals surface area contributed by atoms with E-state index in [1.807, 2.05) is 6.92 Å². The van der Waals surface area contributed by atoms with Gasteiger partial charge in [-0.3, -0.25) is 9.59 Å². The first kappa shape index (κ1) is 14.0. The summed E-state index contributed by atoms with van der Waals surface area (Å²) in [5.41, 5.74) is 11.8. The van der Waals surface area contributed by atoms with Crippen molar-refractivity contribution in [2.45, 2.75) is 26.8 Å². The van der Waals surface area contributed by atoms with Crippen molar-refractivity contribution in [2.24, 2.45) is 17.4 Å². The molecular formula is C13H19N3O2. The maximum Gasteiger partial charge on any atom is 0.250 e. The Hall–Kier alpha value is -2.04. The number of anilines is 1. The minimum atomic E-state index is -0.538. The van der Waals surface area contributed by atoms with Gasteiger partial charge in [0.15, 0.2) is 0 Å². The molecule has 0 aromatic heterocycles. The number of nitrogens with one attached hydrogen (secondary N) is 1. The second kappa shape index (κ2) is 5.53. The lowest BCUT2D eigenvalue weighted by Gasteiger charge is -2.20. The maximum atomic E-state index is 11.3. The fourth-order valence-corrected chi connectivity index (χ4v) is 1.44. The predicted octanol–water partition coefficient (Wildman–Crippen LogP) is 1.34. The zero-order chi connectivity index (χ0) is 13.9. The summed E-state index contributed by atoms with van der Waals surface area (Å²) in [5.74, 6) is -0.696. The summed E-state index contributed by atoms with van der Waals surface area (Å²) in [7, 11) is 0. The molecule has 0 aliphatic rings. The van der Waals surface area contributed by atoms with Crippen LogP contribution in [0.15, 0.2) is 18.2 Å². The topological polar surface area (TPSA) is 98.2 Å². The summed E-state index contributed by atoms with van der Waals surface area (Å²) in [6.07, 6.45) is 0. The van der Waals surface area contributed by atoms with E-state index in [1.165, 1.54) is 12.1 Å². The van der Waals surface area contributed by atoms with Gasteiger partial charge in [0.25, 0.3) is 5.91 Å². The number of primary amides is 2. The summed E-state index contributed by atoms with van der Waals surface area (Å²) in [5, 5.41) is 3.18. The zero-order valence-electron chi connectivity index (χ0n) is 10.9. The molecular weight excluding hydrogens is 230 g/mol. The van der Waals surface area contributed by atoms with Crippen molar-refractivity contribution in [3.05, 3.63) is 29.3 Å². The van der Waals surface area contributed by atoms with Crippen LogP contribution in [-0.4, -0.2) is 17.9 Å². The van der Waals surface area contributed by atoms with Crippen molar-refractivity contribution >= 4 is 17.5 Å². The monoisotopic (exact) mass is 249 g/mol. The van der Waals surface area contributed by atoms with Gasteiger partial charge in [-0.25, -0.2) is 0 Å². The van der Waals surface area contributed by atoms with Crippen LogP contribution in [0.25, 0.3) is 0 Å². The number of benzene rings is 1. The summed E-state index contributed by atoms with van der Waals surface area (Å²) in [4.78, 5) is 22.5. The molecule has 0 fully saturated rings. The van der Waals surface area contributed by atoms with Crippen LogP contribution in [0.3, 0.4) is 0 Å². The molecule has 0 spiro atoms. The zero-order valence-corrected chi connectivity index (χ0v) is 10.9. The minimum Gasteiger partial charge on any atom is -0.382 e. The molecule has 5 N–H and O–H groups in total. The third kappa shape index (κ3) is 3.23. The molecule has 0 aliphatic heterocycles. The van der Waals surface area contributed by atoms with Crippen molar-refractivity contribution in [1.29, 1.82) is 0 Å². The molecule has 1 rings (SSSR count). The maximum absolute atomic E-state index is 11.3. The molecule has 5 nitrogen and oxygen atoms in total. The van der Waals surface area contributed by atoms with E-state index < -0.39 is 11.8 Å². The van der Waals surface area contributed by atoms with E-state index in [0.717, 1.165) is 0 Å². The number of amides is 2. The molecule has 18 heavy (non-hydrogen) atoms. The highest BCUT2D eigenvalue weighted by molar-refractivity contribution is 6.01. The smallest absolute Gasteiger partial charge is 0.250 e. The number of hydrogen-bond donors (Lipinski definition) is 3. The first-order chi connectivity index (χ1) is 8.32. The molecule has 0 unspecified atom stereocenters. The average molecular weight is 249 g/mol. The normalized spacial score (nSPS) is 12.2. The molecule has 98 valence electrons. The van der Waals surface area contributed by atoms with Gasteiger partial charge in [-0.15, -0.1) is 0 Å². The number of hydrogen-bond acceptors (Lipinski definition) is 3. The van der Waals surface area contributed by atoms with E-state index in [4.69, 9.17) is 11.5 Å². The van der Waals surface area contributed by atoms with Crippen molar-refractivity contribution in [2.75, 3.05) is 5.32 Å². The lowest BCUT2D eigenvalue weighted by molar-refractivity contribution is 0.0989. The lowest BCUT2D eigenvalue weighted by atomic mass is 10.0. The molecule has 0 saturated carbocycles. The Labute approximate surface area is 107 Å². The Kier molecular flexibility index (Phi) is 4.31. The van der Waals surface area contributed by atoms with Gasteiger partial charge in [-0.2, -0.15) is 0 Å². The second-order valence-corrected chi connectivity index (χ2v) is 4.67. The van der Waals surface area contributed by atoms with Crippen LogP contribution in [0, 0.1) is 5.92 Å². The summed E-state index contributed by atoms with van der Waals surface area (Å²) in [6, 6.07) is 4.71. The molecule has 0 bridgehead atoms. The molecule has 0 radical (unpaired) electrons. The Morgan fingerprint density at radius 3 is 2.17 bits per heavy atom. The van der Waals surface area contributed by atoms with Gasteiger partial charge in [0.05, 0.1) is 5.56 Å². The number of carbonyl (C=O) groups excluding carboxylic acids is 2. The second-order valence-electron chi connectivity index (χ2n) is 4.67. The third-order valence-corrected chi connectivity index (χ3v) is 2.95. The van der Waals surface area contributed by atoms with E-state index in [-0.39, 0.29) is 6.04 Å². The van der Waals surface area contributed by atoms with Gasteiger partial charge in [-0.1, -0.05) is 13.8 Å². The van der Waals surface area contributed by atoms with Crippen LogP contribution >= 0.6 is 0 Å². The SMILES string of the molecule is CC(C)[C@@H](C)Nc1cc(C(N)=O)ccc1C(N)=O. The largest absolute Gasteiger partial charge is 0.382 e. The van der Waals surface area contributed by atoms with Gasteiger partial charge in [-0.05, 0) is 31.0 Å². The van der Waals surface area contributed by atoms with Gasteiger partial charge in [0, 0.05) is 17.3 Å². The molecule has 0 heterocycles. The molecule has 1 aromatic carbocycles. The van der Waals surface area contributed by atoms with Crippen LogP contribution in [0.5, 0.6) is 0 Å². The van der Waals surface area contributed by atoms with E-state index in [9.17, 15) is 9.59 Å². The standard InChI is InChI=1S/C13H19N3O2/c1-7(2)8(3)16-11-6-9(12(14)17)4-5-10(11)13(15)18/h4-8,16H,1-3H3,(H2,14,17)(H2,15,18)/t8-/m1/s1. The van der Waals surface area contributed by atoms with Crippen LogP contribution < -0.4 is 16.8 Å². The van der Waals surface area contributed by atoms with Gasteiger partial charge in [0.1, 0.15) is 0 Å².